The van der Waals surface area contributed by atoms with Gasteiger partial charge in [-0.05, 0) is 41.5 Å². The number of rotatable bonds is 3. The maximum absolute atomic E-state index is 15.5. The van der Waals surface area contributed by atoms with Gasteiger partial charge >= 0.3 is 0 Å². The number of phenols is 1. The fourth-order valence-electron chi connectivity index (χ4n) is 5.51. The van der Waals surface area contributed by atoms with Gasteiger partial charge in [0.15, 0.2) is 5.40 Å². The third kappa shape index (κ3) is 3.26. The molecule has 7 heteroatoms. The Morgan fingerprint density at radius 2 is 0.895 bits per heavy atom. The maximum atomic E-state index is 15.5. The molecule has 5 aromatic rings. The first kappa shape index (κ1) is 23.1. The van der Waals surface area contributed by atoms with Crippen molar-refractivity contribution in [3.05, 3.63) is 127 Å². The molecule has 0 spiro atoms. The molecule has 1 N–H and O–H groups in total. The smallest absolute Gasteiger partial charge is 0.296 e. The summed E-state index contributed by atoms with van der Waals surface area (Å²) in [6, 6.07) is 36.0. The second-order valence-corrected chi connectivity index (χ2v) is 14.5. The number of aromatic hydroxyl groups is 1. The molecule has 0 bridgehead atoms. The third-order valence-corrected chi connectivity index (χ3v) is 13.9. The SMILES string of the molecule is O=P1(C(c2ccccc2O)P2(=O)Oc3ccccc3-c3ccccc32)Oc2ccccc2-c2ccccc21. The number of para-hydroxylation sites is 3. The third-order valence-electron chi connectivity index (χ3n) is 7.16. The van der Waals surface area contributed by atoms with Crippen LogP contribution in [0.1, 0.15) is 11.0 Å². The van der Waals surface area contributed by atoms with Crippen LogP contribution in [0.5, 0.6) is 17.2 Å². The molecule has 2 aliphatic heterocycles. The molecule has 2 heterocycles. The lowest BCUT2D eigenvalue weighted by molar-refractivity contribution is 0.451. The summed E-state index contributed by atoms with van der Waals surface area (Å²) in [5.41, 5.74) is 3.35. The van der Waals surface area contributed by atoms with Crippen molar-refractivity contribution < 1.29 is 23.3 Å². The van der Waals surface area contributed by atoms with E-state index in [9.17, 15) is 5.11 Å². The molecule has 0 aliphatic carbocycles. The number of benzene rings is 5. The van der Waals surface area contributed by atoms with Crippen molar-refractivity contribution in [3.8, 4) is 39.5 Å². The summed E-state index contributed by atoms with van der Waals surface area (Å²) < 4.78 is 43.9. The maximum Gasteiger partial charge on any atom is 0.296 e. The fraction of sp³-hybridized carbons (Fsp3) is 0.0323. The summed E-state index contributed by atoms with van der Waals surface area (Å²) in [4.78, 5) is 0. The van der Waals surface area contributed by atoms with Crippen molar-refractivity contribution >= 4 is 25.3 Å². The largest absolute Gasteiger partial charge is 0.508 e. The summed E-state index contributed by atoms with van der Waals surface area (Å²) in [6.07, 6.45) is 0. The summed E-state index contributed by atoms with van der Waals surface area (Å²) in [5, 5.41) is 10.7. The Hall–Kier alpha value is -4.04. The second-order valence-electron chi connectivity index (χ2n) is 9.34. The molecule has 0 fully saturated rings. The molecule has 2 unspecified atom stereocenters. The highest BCUT2D eigenvalue weighted by atomic mass is 31.2. The Bertz CT molecular complexity index is 1720. The van der Waals surface area contributed by atoms with Gasteiger partial charge in [-0.25, -0.2) is 0 Å². The van der Waals surface area contributed by atoms with Crippen LogP contribution < -0.4 is 19.7 Å². The highest BCUT2D eigenvalue weighted by Gasteiger charge is 2.57. The van der Waals surface area contributed by atoms with Crippen LogP contribution in [0.3, 0.4) is 0 Å². The molecule has 0 amide bonds. The van der Waals surface area contributed by atoms with Crippen molar-refractivity contribution in [2.24, 2.45) is 0 Å². The monoisotopic (exact) mass is 536 g/mol. The molecule has 2 aliphatic rings. The minimum atomic E-state index is -4.04. The van der Waals surface area contributed by atoms with Crippen LogP contribution in [0.15, 0.2) is 121 Å². The molecule has 5 aromatic carbocycles. The van der Waals surface area contributed by atoms with Crippen LogP contribution in [0, 0.1) is 0 Å². The predicted molar refractivity (Wildman–Crippen MR) is 150 cm³/mol. The van der Waals surface area contributed by atoms with Crippen LogP contribution in [0.2, 0.25) is 0 Å². The first-order chi connectivity index (χ1) is 18.5. The molecule has 0 aromatic heterocycles. The molecule has 5 nitrogen and oxygen atoms in total. The lowest BCUT2D eigenvalue weighted by atomic mass is 10.0. The van der Waals surface area contributed by atoms with E-state index in [2.05, 4.69) is 0 Å². The van der Waals surface area contributed by atoms with Gasteiger partial charge in [0.25, 0.3) is 14.7 Å². The van der Waals surface area contributed by atoms with Crippen LogP contribution in [0.4, 0.5) is 0 Å². The van der Waals surface area contributed by atoms with Gasteiger partial charge in [-0.2, -0.15) is 0 Å². The van der Waals surface area contributed by atoms with Gasteiger partial charge in [-0.3, -0.25) is 9.13 Å². The molecule has 0 saturated carbocycles. The Balaban J connectivity index is 1.56. The van der Waals surface area contributed by atoms with Gasteiger partial charge in [0.05, 0.1) is 10.6 Å². The first-order valence-corrected chi connectivity index (χ1v) is 15.6. The number of phenolic OH excluding ortho intramolecular Hbond substituents is 1. The Morgan fingerprint density at radius 3 is 1.39 bits per heavy atom. The zero-order chi connectivity index (χ0) is 25.9. The molecule has 7 rings (SSSR count). The van der Waals surface area contributed by atoms with E-state index in [1.807, 2.05) is 60.7 Å². The van der Waals surface area contributed by atoms with Crippen LogP contribution in [0.25, 0.3) is 22.3 Å². The molecule has 38 heavy (non-hydrogen) atoms. The predicted octanol–water partition coefficient (Wildman–Crippen LogP) is 7.72. The zero-order valence-electron chi connectivity index (χ0n) is 20.1. The quantitative estimate of drug-likeness (QED) is 0.239. The van der Waals surface area contributed by atoms with Crippen LogP contribution >= 0.6 is 14.7 Å². The Kier molecular flexibility index (Phi) is 5.16. The Morgan fingerprint density at radius 1 is 0.500 bits per heavy atom. The highest BCUT2D eigenvalue weighted by Crippen LogP contribution is 2.79. The van der Waals surface area contributed by atoms with Crippen molar-refractivity contribution in [1.82, 2.24) is 0 Å². The van der Waals surface area contributed by atoms with E-state index in [1.165, 1.54) is 6.07 Å². The van der Waals surface area contributed by atoms with E-state index in [4.69, 9.17) is 9.05 Å². The average molecular weight is 536 g/mol. The van der Waals surface area contributed by atoms with Crippen molar-refractivity contribution in [2.45, 2.75) is 5.40 Å². The van der Waals surface area contributed by atoms with Gasteiger partial charge in [0.2, 0.25) is 0 Å². The lowest BCUT2D eigenvalue weighted by Crippen LogP contribution is -2.28. The highest BCUT2D eigenvalue weighted by molar-refractivity contribution is 7.84. The van der Waals surface area contributed by atoms with Gasteiger partial charge < -0.3 is 14.2 Å². The minimum Gasteiger partial charge on any atom is -0.508 e. The van der Waals surface area contributed by atoms with Gasteiger partial charge in [-0.1, -0.05) is 91.0 Å². The number of hydrogen-bond donors (Lipinski definition) is 1. The first-order valence-electron chi connectivity index (χ1n) is 12.3. The summed E-state index contributed by atoms with van der Waals surface area (Å²) >= 11 is 0. The van der Waals surface area contributed by atoms with E-state index >= 15 is 9.13 Å². The average Bonchev–Trinajstić information content (AvgIpc) is 2.95. The normalized spacial score (nSPS) is 21.5. The molecule has 0 radical (unpaired) electrons. The fourth-order valence-corrected chi connectivity index (χ4v) is 12.8. The minimum absolute atomic E-state index is 0.122. The van der Waals surface area contributed by atoms with E-state index < -0.39 is 20.1 Å². The second kappa shape index (κ2) is 8.49. The van der Waals surface area contributed by atoms with Crippen LogP contribution in [-0.4, -0.2) is 5.11 Å². The summed E-state index contributed by atoms with van der Waals surface area (Å²) in [5.74, 6) is 0.752. The van der Waals surface area contributed by atoms with Gasteiger partial charge in [0, 0.05) is 16.7 Å². The van der Waals surface area contributed by atoms with Crippen molar-refractivity contribution in [3.63, 3.8) is 0 Å². The molecular weight excluding hydrogens is 514 g/mol. The van der Waals surface area contributed by atoms with E-state index in [0.29, 0.717) is 22.1 Å². The van der Waals surface area contributed by atoms with E-state index in [0.717, 1.165) is 22.3 Å². The number of fused-ring (bicyclic) bond motifs is 6. The van der Waals surface area contributed by atoms with Crippen LogP contribution in [-0.2, 0) is 9.13 Å². The molecular formula is C31H22O5P2. The van der Waals surface area contributed by atoms with Crippen molar-refractivity contribution in [1.29, 1.82) is 0 Å². The molecule has 2 atom stereocenters. The van der Waals surface area contributed by atoms with E-state index in [1.54, 1.807) is 54.6 Å². The Labute approximate surface area is 220 Å². The topological polar surface area (TPSA) is 72.8 Å². The van der Waals surface area contributed by atoms with Gasteiger partial charge in [-0.15, -0.1) is 0 Å². The standard InChI is InChI=1S/C31H22O5P2/c32-26-16-6-1-15-25(26)31(37(33)29-19-9-4-13-23(29)21-11-2-7-17-27(21)35-37)38(34)30-20-10-5-14-24(30)22-12-3-8-18-28(22)36-38/h1-20,31-32H. The lowest BCUT2D eigenvalue weighted by Gasteiger charge is -2.39. The van der Waals surface area contributed by atoms with Gasteiger partial charge in [0.1, 0.15) is 17.2 Å². The summed E-state index contributed by atoms with van der Waals surface area (Å²) in [7, 11) is -8.09. The molecule has 186 valence electrons. The summed E-state index contributed by atoms with van der Waals surface area (Å²) in [6.45, 7) is 0. The molecule has 0 saturated heterocycles. The van der Waals surface area contributed by atoms with Crippen molar-refractivity contribution in [2.75, 3.05) is 0 Å². The number of hydrogen-bond acceptors (Lipinski definition) is 5. The van der Waals surface area contributed by atoms with E-state index in [-0.39, 0.29) is 11.3 Å². The zero-order valence-corrected chi connectivity index (χ0v) is 21.9.